The second-order valence-corrected chi connectivity index (χ2v) is 6.08. The van der Waals surface area contributed by atoms with Crippen LogP contribution in [0, 0.1) is 0 Å². The first kappa shape index (κ1) is 10.9. The van der Waals surface area contributed by atoms with E-state index in [4.69, 9.17) is 27.9 Å². The third kappa shape index (κ3) is 1.49. The molecule has 0 radical (unpaired) electrons. The topological polar surface area (TPSA) is 12.5 Å². The van der Waals surface area contributed by atoms with Crippen molar-refractivity contribution in [3.63, 3.8) is 0 Å². The summed E-state index contributed by atoms with van der Waals surface area (Å²) in [4.78, 5) is -0.105. The lowest BCUT2D eigenvalue weighted by Crippen LogP contribution is -2.32. The predicted molar refractivity (Wildman–Crippen MR) is 66.4 cm³/mol. The van der Waals surface area contributed by atoms with Crippen LogP contribution in [-0.2, 0) is 4.74 Å². The molecule has 2 fully saturated rings. The zero-order chi connectivity index (χ0) is 11.4. The zero-order valence-corrected chi connectivity index (χ0v) is 10.7. The van der Waals surface area contributed by atoms with Crippen molar-refractivity contribution < 1.29 is 4.74 Å². The molecule has 1 nitrogen and oxygen atoms in total. The maximum atomic E-state index is 6.52. The van der Waals surface area contributed by atoms with Crippen molar-refractivity contribution in [2.45, 2.75) is 36.2 Å². The Morgan fingerprint density at radius 2 is 1.81 bits per heavy atom. The molecule has 1 aromatic rings. The Hall–Kier alpha value is -0.240. The Bertz CT molecular complexity index is 404. The van der Waals surface area contributed by atoms with Gasteiger partial charge < -0.3 is 4.74 Å². The van der Waals surface area contributed by atoms with Gasteiger partial charge in [0, 0.05) is 10.9 Å². The lowest BCUT2D eigenvalue weighted by atomic mass is 9.84. The third-order valence-corrected chi connectivity index (χ3v) is 4.92. The maximum Gasteiger partial charge on any atom is 0.117 e. The smallest absolute Gasteiger partial charge is 0.117 e. The fourth-order valence-corrected chi connectivity index (χ4v) is 3.02. The summed E-state index contributed by atoms with van der Waals surface area (Å²) in [6, 6.07) is 7.99. The van der Waals surface area contributed by atoms with Crippen LogP contribution in [0.2, 0.25) is 5.02 Å². The van der Waals surface area contributed by atoms with Gasteiger partial charge in [-0.05, 0) is 30.5 Å². The summed E-state index contributed by atoms with van der Waals surface area (Å²) in [6.07, 6.45) is 2.15. The summed E-state index contributed by atoms with van der Waals surface area (Å²) in [6.45, 7) is 2.99. The van der Waals surface area contributed by atoms with E-state index in [-0.39, 0.29) is 10.5 Å². The molecule has 3 rings (SSSR count). The zero-order valence-electron chi connectivity index (χ0n) is 9.17. The van der Waals surface area contributed by atoms with Crippen LogP contribution >= 0.6 is 23.2 Å². The van der Waals surface area contributed by atoms with Gasteiger partial charge in [-0.3, -0.25) is 0 Å². The van der Waals surface area contributed by atoms with Crippen molar-refractivity contribution in [1.82, 2.24) is 0 Å². The highest BCUT2D eigenvalue weighted by molar-refractivity contribution is 6.30. The van der Waals surface area contributed by atoms with Crippen LogP contribution in [0.5, 0.6) is 0 Å². The molecule has 0 N–H and O–H groups in total. The summed E-state index contributed by atoms with van der Waals surface area (Å²) < 4.78 is 5.70. The molecule has 2 unspecified atom stereocenters. The fraction of sp³-hybridized carbons (Fsp3) is 0.538. The van der Waals surface area contributed by atoms with Crippen molar-refractivity contribution in [3.8, 4) is 0 Å². The monoisotopic (exact) mass is 256 g/mol. The lowest BCUT2D eigenvalue weighted by molar-refractivity contribution is 0.253. The molecule has 1 aromatic carbocycles. The van der Waals surface area contributed by atoms with E-state index in [9.17, 15) is 0 Å². The standard InChI is InChI=1S/C13H14Cl2O/c1-9(10-2-4-11(14)5-3-10)13(8-16-13)12(15)6-7-12/h2-5,9H,6-8H2,1H3. The number of hydrogen-bond acceptors (Lipinski definition) is 1. The van der Waals surface area contributed by atoms with Crippen LogP contribution in [0.3, 0.4) is 0 Å². The molecule has 0 amide bonds. The molecule has 1 aliphatic heterocycles. The normalized spacial score (nSPS) is 32.2. The van der Waals surface area contributed by atoms with Gasteiger partial charge in [0.2, 0.25) is 0 Å². The molecule has 16 heavy (non-hydrogen) atoms. The van der Waals surface area contributed by atoms with E-state index in [1.807, 2.05) is 12.1 Å². The summed E-state index contributed by atoms with van der Waals surface area (Å²) in [5.74, 6) is 0.338. The van der Waals surface area contributed by atoms with Gasteiger partial charge >= 0.3 is 0 Å². The molecule has 0 spiro atoms. The van der Waals surface area contributed by atoms with Crippen LogP contribution < -0.4 is 0 Å². The van der Waals surface area contributed by atoms with Crippen LogP contribution in [0.25, 0.3) is 0 Å². The summed E-state index contributed by atoms with van der Waals surface area (Å²) in [5.41, 5.74) is 1.14. The van der Waals surface area contributed by atoms with Crippen LogP contribution in [0.1, 0.15) is 31.2 Å². The first-order valence-corrected chi connectivity index (χ1v) is 6.41. The lowest BCUT2D eigenvalue weighted by Gasteiger charge is -2.25. The fourth-order valence-electron chi connectivity index (χ4n) is 2.53. The van der Waals surface area contributed by atoms with E-state index in [2.05, 4.69) is 19.1 Å². The van der Waals surface area contributed by atoms with Crippen LogP contribution in [0.15, 0.2) is 24.3 Å². The van der Waals surface area contributed by atoms with Gasteiger partial charge in [0.15, 0.2) is 0 Å². The number of benzene rings is 1. The van der Waals surface area contributed by atoms with Crippen molar-refractivity contribution in [3.05, 3.63) is 34.9 Å². The molecule has 2 aliphatic rings. The highest BCUT2D eigenvalue weighted by Gasteiger charge is 2.69. The van der Waals surface area contributed by atoms with Crippen molar-refractivity contribution in [2.75, 3.05) is 6.61 Å². The number of halogens is 2. The largest absolute Gasteiger partial charge is 0.367 e. The average molecular weight is 257 g/mol. The molecule has 0 aromatic heterocycles. The number of hydrogen-bond donors (Lipinski definition) is 0. The van der Waals surface area contributed by atoms with E-state index >= 15 is 0 Å². The second kappa shape index (κ2) is 3.38. The molecule has 3 heteroatoms. The van der Waals surface area contributed by atoms with Gasteiger partial charge in [-0.15, -0.1) is 11.6 Å². The molecule has 2 atom stereocenters. The van der Waals surface area contributed by atoms with Crippen LogP contribution in [-0.4, -0.2) is 17.1 Å². The molecule has 86 valence electrons. The number of rotatable bonds is 3. The molecule has 0 bridgehead atoms. The van der Waals surface area contributed by atoms with Crippen molar-refractivity contribution in [1.29, 1.82) is 0 Å². The van der Waals surface area contributed by atoms with Gasteiger partial charge in [0.05, 0.1) is 11.5 Å². The Kier molecular flexibility index (Phi) is 2.30. The van der Waals surface area contributed by atoms with Gasteiger partial charge in [-0.2, -0.15) is 0 Å². The Balaban J connectivity index is 1.88. The summed E-state index contributed by atoms with van der Waals surface area (Å²) in [7, 11) is 0. The quantitative estimate of drug-likeness (QED) is 0.589. The van der Waals surface area contributed by atoms with E-state index in [0.29, 0.717) is 5.92 Å². The first-order chi connectivity index (χ1) is 7.57. The van der Waals surface area contributed by atoms with Crippen molar-refractivity contribution >= 4 is 23.2 Å². The average Bonchev–Trinajstić information content (AvgIpc) is 3.13. The highest BCUT2D eigenvalue weighted by atomic mass is 35.5. The first-order valence-electron chi connectivity index (χ1n) is 5.66. The van der Waals surface area contributed by atoms with Crippen molar-refractivity contribution in [2.24, 2.45) is 0 Å². The number of epoxide rings is 1. The van der Waals surface area contributed by atoms with E-state index in [0.717, 1.165) is 24.5 Å². The van der Waals surface area contributed by atoms with E-state index < -0.39 is 0 Å². The van der Waals surface area contributed by atoms with E-state index in [1.54, 1.807) is 0 Å². The molecular weight excluding hydrogens is 243 g/mol. The second-order valence-electron chi connectivity index (χ2n) is 4.92. The number of alkyl halides is 1. The number of ether oxygens (including phenoxy) is 1. The molecule has 1 aliphatic carbocycles. The molecule has 1 heterocycles. The highest BCUT2D eigenvalue weighted by Crippen LogP contribution is 2.63. The maximum absolute atomic E-state index is 6.52. The SMILES string of the molecule is CC(c1ccc(Cl)cc1)C1(C2(Cl)CC2)CO1. The Morgan fingerprint density at radius 1 is 1.25 bits per heavy atom. The minimum absolute atomic E-state index is 0.105. The molecule has 1 saturated carbocycles. The Morgan fingerprint density at radius 3 is 2.25 bits per heavy atom. The minimum Gasteiger partial charge on any atom is -0.367 e. The van der Waals surface area contributed by atoms with Gasteiger partial charge in [0.25, 0.3) is 0 Å². The van der Waals surface area contributed by atoms with Gasteiger partial charge in [-0.1, -0.05) is 30.7 Å². The predicted octanol–water partition coefficient (Wildman–Crippen LogP) is 3.98. The summed E-state index contributed by atoms with van der Waals surface area (Å²) in [5, 5.41) is 0.772. The molecular formula is C13H14Cl2O. The summed E-state index contributed by atoms with van der Waals surface area (Å²) >= 11 is 12.4. The van der Waals surface area contributed by atoms with E-state index in [1.165, 1.54) is 5.56 Å². The van der Waals surface area contributed by atoms with Gasteiger partial charge in [0.1, 0.15) is 5.60 Å². The van der Waals surface area contributed by atoms with Gasteiger partial charge in [-0.25, -0.2) is 0 Å². The Labute approximate surface area is 106 Å². The molecule has 1 saturated heterocycles. The van der Waals surface area contributed by atoms with Crippen LogP contribution in [0.4, 0.5) is 0 Å². The minimum atomic E-state index is -0.123. The third-order valence-electron chi connectivity index (χ3n) is 3.97.